The van der Waals surface area contributed by atoms with E-state index in [-0.39, 0.29) is 21.4 Å². The number of hydrogen-bond acceptors (Lipinski definition) is 6. The molecule has 3 aromatic rings. The predicted molar refractivity (Wildman–Crippen MR) is 97.0 cm³/mol. The molecule has 0 fully saturated rings. The fraction of sp³-hybridized carbons (Fsp3) is 0.250. The number of hydrogen-bond donors (Lipinski definition) is 3. The monoisotopic (exact) mass is 362 g/mol. The topological polar surface area (TPSA) is 110 Å². The van der Waals surface area contributed by atoms with E-state index in [1.165, 1.54) is 30.9 Å². The van der Waals surface area contributed by atoms with Crippen LogP contribution >= 0.6 is 11.3 Å². The molecule has 0 aromatic carbocycles. The van der Waals surface area contributed by atoms with Crippen molar-refractivity contribution in [3.63, 3.8) is 0 Å². The second kappa shape index (κ2) is 8.34. The maximum atomic E-state index is 13.7. The van der Waals surface area contributed by atoms with E-state index in [0.29, 0.717) is 11.4 Å². The maximum absolute atomic E-state index is 13.7. The maximum Gasteiger partial charge on any atom is 0.277 e. The van der Waals surface area contributed by atoms with Crippen molar-refractivity contribution in [2.75, 3.05) is 11.1 Å². The molecule has 25 heavy (non-hydrogen) atoms. The number of pyridine rings is 1. The Bertz CT molecular complexity index is 860. The van der Waals surface area contributed by atoms with Crippen molar-refractivity contribution in [1.82, 2.24) is 20.2 Å². The Morgan fingerprint density at radius 1 is 1.44 bits per heavy atom. The first-order valence-electron chi connectivity index (χ1n) is 7.66. The van der Waals surface area contributed by atoms with Crippen molar-refractivity contribution in [2.24, 2.45) is 0 Å². The van der Waals surface area contributed by atoms with Crippen LogP contribution in [0.4, 0.5) is 15.1 Å². The molecule has 0 atom stereocenters. The number of anilines is 2. The van der Waals surface area contributed by atoms with E-state index in [1.54, 1.807) is 6.92 Å². The summed E-state index contributed by atoms with van der Waals surface area (Å²) < 4.78 is 13.7. The fourth-order valence-electron chi connectivity index (χ4n) is 1.80. The van der Waals surface area contributed by atoms with Gasteiger partial charge in [0.1, 0.15) is 15.7 Å². The lowest BCUT2D eigenvalue weighted by molar-refractivity contribution is 0.102. The van der Waals surface area contributed by atoms with Crippen molar-refractivity contribution in [3.8, 4) is 10.7 Å². The van der Waals surface area contributed by atoms with E-state index in [9.17, 15) is 9.18 Å². The largest absolute Gasteiger partial charge is 0.389 e. The van der Waals surface area contributed by atoms with Gasteiger partial charge in [-0.25, -0.2) is 9.37 Å². The normalized spacial score (nSPS) is 10.1. The van der Waals surface area contributed by atoms with Crippen LogP contribution in [0.1, 0.15) is 36.5 Å². The zero-order valence-electron chi connectivity index (χ0n) is 14.1. The van der Waals surface area contributed by atoms with Gasteiger partial charge in [0.25, 0.3) is 5.91 Å². The van der Waals surface area contributed by atoms with Crippen LogP contribution in [0.2, 0.25) is 0 Å². The molecule has 0 spiro atoms. The fourth-order valence-corrected chi connectivity index (χ4v) is 2.62. The first-order valence-corrected chi connectivity index (χ1v) is 8.48. The Kier molecular flexibility index (Phi) is 6.18. The summed E-state index contributed by atoms with van der Waals surface area (Å²) in [7, 11) is 0. The molecule has 3 rings (SSSR count). The molecule has 0 radical (unpaired) electrons. The number of aryl methyl sites for hydroxylation is 1. The summed E-state index contributed by atoms with van der Waals surface area (Å²) in [5.74, 6) is -1.00. The lowest BCUT2D eigenvalue weighted by atomic mass is 10.3. The van der Waals surface area contributed by atoms with Gasteiger partial charge in [0, 0.05) is 6.20 Å². The summed E-state index contributed by atoms with van der Waals surface area (Å²) in [6.07, 6.45) is 4.18. The Balaban J connectivity index is 0.000000701. The lowest BCUT2D eigenvalue weighted by Gasteiger charge is -2.01. The van der Waals surface area contributed by atoms with Crippen LogP contribution in [0.5, 0.6) is 0 Å². The number of H-pyrrole nitrogens is 1. The third-order valence-electron chi connectivity index (χ3n) is 2.91. The molecule has 3 aromatic heterocycles. The molecule has 0 saturated carbocycles. The van der Waals surface area contributed by atoms with Crippen molar-refractivity contribution < 1.29 is 9.18 Å². The number of nitrogens with one attached hydrogen (secondary N) is 2. The molecule has 0 aliphatic carbocycles. The zero-order chi connectivity index (χ0) is 18.4. The van der Waals surface area contributed by atoms with E-state index in [0.717, 1.165) is 11.3 Å². The molecular formula is C16H19FN6OS. The highest BCUT2D eigenvalue weighted by Crippen LogP contribution is 2.30. The van der Waals surface area contributed by atoms with Gasteiger partial charge in [-0.05, 0) is 19.1 Å². The van der Waals surface area contributed by atoms with Gasteiger partial charge < -0.3 is 11.1 Å². The highest BCUT2D eigenvalue weighted by atomic mass is 32.1. The van der Waals surface area contributed by atoms with E-state index in [2.05, 4.69) is 39.3 Å². The van der Waals surface area contributed by atoms with Crippen LogP contribution in [0, 0.1) is 12.7 Å². The summed E-state index contributed by atoms with van der Waals surface area (Å²) in [4.78, 5) is 20.2. The molecule has 0 aliphatic rings. The third kappa shape index (κ3) is 4.38. The summed E-state index contributed by atoms with van der Waals surface area (Å²) >= 11 is 1.01. The van der Waals surface area contributed by atoms with Crippen LogP contribution < -0.4 is 11.1 Å². The van der Waals surface area contributed by atoms with Crippen molar-refractivity contribution >= 4 is 27.9 Å². The van der Waals surface area contributed by atoms with Gasteiger partial charge in [-0.2, -0.15) is 5.10 Å². The Morgan fingerprint density at radius 2 is 2.16 bits per heavy atom. The second-order valence-corrected chi connectivity index (χ2v) is 6.17. The van der Waals surface area contributed by atoms with Gasteiger partial charge in [0.05, 0.1) is 17.6 Å². The van der Waals surface area contributed by atoms with Crippen LogP contribution in [0.15, 0.2) is 24.5 Å². The number of carbonyl (C=O) groups excluding carboxylic acids is 1. The quantitative estimate of drug-likeness (QED) is 0.659. The van der Waals surface area contributed by atoms with Gasteiger partial charge in [0.15, 0.2) is 11.5 Å². The minimum Gasteiger partial charge on any atom is -0.389 e. The SMILES string of the molecule is CCC.Cc1[nH]ncc1NC(=O)c1nc(-c2ncccc2F)sc1N. The van der Waals surface area contributed by atoms with Crippen LogP contribution in [-0.4, -0.2) is 26.1 Å². The minimum atomic E-state index is -0.520. The summed E-state index contributed by atoms with van der Waals surface area (Å²) in [6, 6.07) is 2.75. The van der Waals surface area contributed by atoms with E-state index < -0.39 is 11.7 Å². The second-order valence-electron chi connectivity index (χ2n) is 5.14. The summed E-state index contributed by atoms with van der Waals surface area (Å²) in [6.45, 7) is 6.02. The molecule has 0 unspecified atom stereocenters. The number of nitrogens with two attached hydrogens (primary N) is 1. The molecule has 0 bridgehead atoms. The number of halogens is 1. The first kappa shape index (κ1) is 18.5. The van der Waals surface area contributed by atoms with Crippen LogP contribution in [0.3, 0.4) is 0 Å². The number of rotatable bonds is 3. The molecule has 7 nitrogen and oxygen atoms in total. The van der Waals surface area contributed by atoms with Crippen molar-refractivity contribution in [3.05, 3.63) is 41.7 Å². The number of nitrogen functional groups attached to an aromatic ring is 1. The molecule has 0 aliphatic heterocycles. The number of nitrogens with zero attached hydrogens (tertiary/aromatic N) is 3. The van der Waals surface area contributed by atoms with Crippen LogP contribution in [0.25, 0.3) is 10.7 Å². The Morgan fingerprint density at radius 3 is 2.76 bits per heavy atom. The van der Waals surface area contributed by atoms with Gasteiger partial charge >= 0.3 is 0 Å². The predicted octanol–water partition coefficient (Wildman–Crippen LogP) is 3.63. The number of carbonyl (C=O) groups is 1. The summed E-state index contributed by atoms with van der Waals surface area (Å²) in [5, 5.41) is 9.60. The molecular weight excluding hydrogens is 343 g/mol. The average Bonchev–Trinajstić information content (AvgIpc) is 3.15. The Labute approximate surface area is 148 Å². The molecule has 1 amide bonds. The smallest absolute Gasteiger partial charge is 0.277 e. The van der Waals surface area contributed by atoms with Gasteiger partial charge in [0.2, 0.25) is 0 Å². The van der Waals surface area contributed by atoms with E-state index in [4.69, 9.17) is 5.73 Å². The molecule has 132 valence electrons. The van der Waals surface area contributed by atoms with Gasteiger partial charge in [-0.1, -0.05) is 31.6 Å². The number of aromatic amines is 1. The highest BCUT2D eigenvalue weighted by Gasteiger charge is 2.20. The minimum absolute atomic E-state index is 0.0330. The molecule has 3 heterocycles. The van der Waals surface area contributed by atoms with Gasteiger partial charge in [-0.15, -0.1) is 0 Å². The number of thiazole rings is 1. The lowest BCUT2D eigenvalue weighted by Crippen LogP contribution is -2.14. The number of aromatic nitrogens is 4. The highest BCUT2D eigenvalue weighted by molar-refractivity contribution is 7.19. The molecule has 4 N–H and O–H groups in total. The molecule has 9 heteroatoms. The van der Waals surface area contributed by atoms with Crippen molar-refractivity contribution in [1.29, 1.82) is 0 Å². The first-order chi connectivity index (χ1) is 12.0. The summed E-state index contributed by atoms with van der Waals surface area (Å²) in [5.41, 5.74) is 7.16. The van der Waals surface area contributed by atoms with Gasteiger partial charge in [-0.3, -0.25) is 14.9 Å². The third-order valence-corrected chi connectivity index (χ3v) is 3.80. The molecule has 0 saturated heterocycles. The van der Waals surface area contributed by atoms with Crippen LogP contribution in [-0.2, 0) is 0 Å². The number of amides is 1. The van der Waals surface area contributed by atoms with E-state index >= 15 is 0 Å². The average molecular weight is 362 g/mol. The standard InChI is InChI=1S/C13H11FN6OS.C3H8/c1-6-8(5-17-20-6)18-12(21)10-11(15)22-13(19-10)9-7(14)3-2-4-16-9;1-3-2/h2-5H,15H2,1H3,(H,17,20)(H,18,21);3H2,1-2H3. The zero-order valence-corrected chi connectivity index (χ0v) is 14.9. The Hall–Kier alpha value is -2.81. The van der Waals surface area contributed by atoms with E-state index in [1.807, 2.05) is 0 Å². The van der Waals surface area contributed by atoms with Crippen molar-refractivity contribution in [2.45, 2.75) is 27.2 Å².